The normalized spacial score (nSPS) is 9.89. The predicted molar refractivity (Wildman–Crippen MR) is 74.0 cm³/mol. The molecule has 0 aromatic heterocycles. The summed E-state index contributed by atoms with van der Waals surface area (Å²) in [6.45, 7) is 7.54. The smallest absolute Gasteiger partial charge is 0.161 e. The molecule has 0 unspecified atom stereocenters. The largest absolute Gasteiger partial charge is 0.371 e. The molecule has 0 spiro atoms. The summed E-state index contributed by atoms with van der Waals surface area (Å²) >= 11 is 0. The molecule has 0 amide bonds. The van der Waals surface area contributed by atoms with Crippen LogP contribution in [0.2, 0.25) is 0 Å². The predicted octanol–water partition coefficient (Wildman–Crippen LogP) is 3.39. The fourth-order valence-electron chi connectivity index (χ4n) is 1.96. The second-order valence-corrected chi connectivity index (χ2v) is 4.33. The first-order valence-corrected chi connectivity index (χ1v) is 6.44. The highest BCUT2D eigenvalue weighted by molar-refractivity contribution is 6.00. The monoisotopic (exact) mass is 244 g/mol. The van der Waals surface area contributed by atoms with Crippen molar-refractivity contribution in [3.05, 3.63) is 29.3 Å². The Kier molecular flexibility index (Phi) is 5.38. The number of hydrogen-bond donors (Lipinski definition) is 0. The minimum absolute atomic E-state index is 0.0458. The number of anilines is 1. The van der Waals surface area contributed by atoms with E-state index in [0.717, 1.165) is 31.6 Å². The average Bonchev–Trinajstić information content (AvgIpc) is 2.39. The highest BCUT2D eigenvalue weighted by Crippen LogP contribution is 2.23. The third-order valence-electron chi connectivity index (χ3n) is 3.01. The summed E-state index contributed by atoms with van der Waals surface area (Å²) in [6, 6.07) is 7.40. The molecule has 1 aromatic rings. The van der Waals surface area contributed by atoms with E-state index >= 15 is 0 Å². The number of unbranched alkanes of at least 4 members (excludes halogenated alkanes) is 1. The van der Waals surface area contributed by atoms with Crippen molar-refractivity contribution in [2.24, 2.45) is 0 Å². The van der Waals surface area contributed by atoms with E-state index in [9.17, 15) is 4.79 Å². The van der Waals surface area contributed by atoms with Crippen molar-refractivity contribution in [1.29, 1.82) is 5.26 Å². The van der Waals surface area contributed by atoms with E-state index in [1.165, 1.54) is 0 Å². The first-order valence-electron chi connectivity index (χ1n) is 6.44. The topological polar surface area (TPSA) is 44.1 Å². The molecule has 3 heteroatoms. The second kappa shape index (κ2) is 6.80. The van der Waals surface area contributed by atoms with Gasteiger partial charge in [0.25, 0.3) is 0 Å². The Morgan fingerprint density at radius 1 is 1.39 bits per heavy atom. The van der Waals surface area contributed by atoms with Crippen LogP contribution in [0.25, 0.3) is 0 Å². The number of carbonyl (C=O) groups is 1. The lowest BCUT2D eigenvalue weighted by Crippen LogP contribution is -2.25. The molecular weight excluding hydrogens is 224 g/mol. The van der Waals surface area contributed by atoms with Gasteiger partial charge in [-0.3, -0.25) is 4.79 Å². The summed E-state index contributed by atoms with van der Waals surface area (Å²) < 4.78 is 0. The Hall–Kier alpha value is -1.82. The quantitative estimate of drug-likeness (QED) is 0.720. The number of nitrogens with zero attached hydrogens (tertiary/aromatic N) is 2. The minimum atomic E-state index is 0.0458. The van der Waals surface area contributed by atoms with Crippen LogP contribution in [0.5, 0.6) is 0 Å². The second-order valence-electron chi connectivity index (χ2n) is 4.33. The molecule has 0 aliphatic carbocycles. The van der Waals surface area contributed by atoms with Gasteiger partial charge >= 0.3 is 0 Å². The van der Waals surface area contributed by atoms with Gasteiger partial charge in [-0.25, -0.2) is 0 Å². The number of rotatable bonds is 6. The van der Waals surface area contributed by atoms with Crippen LogP contribution in [-0.2, 0) is 0 Å². The Morgan fingerprint density at radius 3 is 2.61 bits per heavy atom. The maximum absolute atomic E-state index is 11.7. The van der Waals surface area contributed by atoms with E-state index in [0.29, 0.717) is 11.1 Å². The molecule has 0 aliphatic heterocycles. The van der Waals surface area contributed by atoms with Gasteiger partial charge in [0.15, 0.2) is 5.78 Å². The molecule has 0 N–H and O–H groups in total. The highest BCUT2D eigenvalue weighted by Gasteiger charge is 2.13. The van der Waals surface area contributed by atoms with Crippen molar-refractivity contribution < 1.29 is 4.79 Å². The zero-order chi connectivity index (χ0) is 13.5. The van der Waals surface area contributed by atoms with Crippen LogP contribution < -0.4 is 4.90 Å². The number of carbonyl (C=O) groups excluding carboxylic acids is 1. The lowest BCUT2D eigenvalue weighted by Gasteiger charge is -2.25. The molecular formula is C15H20N2O. The fraction of sp³-hybridized carbons (Fsp3) is 0.467. The van der Waals surface area contributed by atoms with E-state index < -0.39 is 0 Å². The molecule has 0 saturated heterocycles. The number of hydrogen-bond acceptors (Lipinski definition) is 3. The molecule has 0 aliphatic rings. The third kappa shape index (κ3) is 3.33. The van der Waals surface area contributed by atoms with Gasteiger partial charge in [-0.15, -0.1) is 0 Å². The van der Waals surface area contributed by atoms with E-state index in [-0.39, 0.29) is 5.78 Å². The van der Waals surface area contributed by atoms with E-state index in [1.54, 1.807) is 19.1 Å². The van der Waals surface area contributed by atoms with Crippen LogP contribution in [0.4, 0.5) is 5.69 Å². The molecule has 0 heterocycles. The Bertz CT molecular complexity index is 460. The molecule has 0 atom stereocenters. The fourth-order valence-corrected chi connectivity index (χ4v) is 1.96. The summed E-state index contributed by atoms with van der Waals surface area (Å²) in [5.41, 5.74) is 2.19. The minimum Gasteiger partial charge on any atom is -0.371 e. The van der Waals surface area contributed by atoms with E-state index in [1.807, 2.05) is 6.07 Å². The Balaban J connectivity index is 3.16. The molecule has 3 nitrogen and oxygen atoms in total. The van der Waals surface area contributed by atoms with E-state index in [4.69, 9.17) is 5.26 Å². The number of ketones is 1. The maximum Gasteiger partial charge on any atom is 0.161 e. The molecule has 0 radical (unpaired) electrons. The van der Waals surface area contributed by atoms with Gasteiger partial charge in [0.1, 0.15) is 0 Å². The summed E-state index contributed by atoms with van der Waals surface area (Å²) in [5.74, 6) is 0.0458. The standard InChI is InChI=1S/C15H20N2O/c1-4-6-9-17(5-2)15-10-13(11-16)7-8-14(15)12(3)18/h7-8,10H,4-6,9H2,1-3H3. The summed E-state index contributed by atoms with van der Waals surface area (Å²) in [4.78, 5) is 13.8. The maximum atomic E-state index is 11.7. The van der Waals surface area contributed by atoms with Gasteiger partial charge in [0.2, 0.25) is 0 Å². The van der Waals surface area contributed by atoms with Crippen LogP contribution in [0.3, 0.4) is 0 Å². The molecule has 0 bridgehead atoms. The summed E-state index contributed by atoms with van der Waals surface area (Å²) in [6.07, 6.45) is 2.20. The molecule has 0 fully saturated rings. The number of nitriles is 1. The first-order chi connectivity index (χ1) is 8.63. The SMILES string of the molecule is CCCCN(CC)c1cc(C#N)ccc1C(C)=O. The first kappa shape index (κ1) is 14.2. The van der Waals surface area contributed by atoms with Gasteiger partial charge in [0.05, 0.1) is 11.6 Å². The van der Waals surface area contributed by atoms with Crippen molar-refractivity contribution in [3.63, 3.8) is 0 Å². The van der Waals surface area contributed by atoms with Gasteiger partial charge < -0.3 is 4.90 Å². The lowest BCUT2D eigenvalue weighted by molar-refractivity contribution is 0.101. The van der Waals surface area contributed by atoms with Crippen molar-refractivity contribution in [2.75, 3.05) is 18.0 Å². The number of benzene rings is 1. The van der Waals surface area contributed by atoms with Gasteiger partial charge in [-0.05, 0) is 38.5 Å². The summed E-state index contributed by atoms with van der Waals surface area (Å²) in [7, 11) is 0. The average molecular weight is 244 g/mol. The molecule has 1 aromatic carbocycles. The van der Waals surface area contributed by atoms with Crippen molar-refractivity contribution in [2.45, 2.75) is 33.6 Å². The third-order valence-corrected chi connectivity index (χ3v) is 3.01. The van der Waals surface area contributed by atoms with E-state index in [2.05, 4.69) is 24.8 Å². The molecule has 1 rings (SSSR count). The van der Waals surface area contributed by atoms with Crippen LogP contribution in [0, 0.1) is 11.3 Å². The van der Waals surface area contributed by atoms with Crippen LogP contribution in [-0.4, -0.2) is 18.9 Å². The van der Waals surface area contributed by atoms with Gasteiger partial charge in [-0.1, -0.05) is 13.3 Å². The van der Waals surface area contributed by atoms with Crippen molar-refractivity contribution >= 4 is 11.5 Å². The van der Waals surface area contributed by atoms with Gasteiger partial charge in [0, 0.05) is 24.3 Å². The lowest BCUT2D eigenvalue weighted by atomic mass is 10.0. The van der Waals surface area contributed by atoms with Crippen LogP contribution in [0.1, 0.15) is 49.5 Å². The molecule has 96 valence electrons. The van der Waals surface area contributed by atoms with Crippen LogP contribution >= 0.6 is 0 Å². The zero-order valence-electron chi connectivity index (χ0n) is 11.4. The molecule has 0 saturated carbocycles. The number of Topliss-reactive ketones (excluding diaryl/α,β-unsaturated/α-hetero) is 1. The Labute approximate surface area is 109 Å². The van der Waals surface area contributed by atoms with Gasteiger partial charge in [-0.2, -0.15) is 5.26 Å². The summed E-state index contributed by atoms with van der Waals surface area (Å²) in [5, 5.41) is 8.97. The Morgan fingerprint density at radius 2 is 2.11 bits per heavy atom. The zero-order valence-corrected chi connectivity index (χ0v) is 11.4. The van der Waals surface area contributed by atoms with Crippen molar-refractivity contribution in [3.8, 4) is 6.07 Å². The van der Waals surface area contributed by atoms with Crippen molar-refractivity contribution in [1.82, 2.24) is 0 Å². The van der Waals surface area contributed by atoms with Crippen LogP contribution in [0.15, 0.2) is 18.2 Å². The molecule has 18 heavy (non-hydrogen) atoms. The highest BCUT2D eigenvalue weighted by atomic mass is 16.1.